The van der Waals surface area contributed by atoms with Crippen molar-refractivity contribution in [3.63, 3.8) is 0 Å². The van der Waals surface area contributed by atoms with Crippen molar-refractivity contribution in [3.8, 4) is 23.3 Å². The van der Waals surface area contributed by atoms with Crippen molar-refractivity contribution >= 4 is 22.5 Å². The van der Waals surface area contributed by atoms with Gasteiger partial charge >= 0.3 is 0 Å². The zero-order chi connectivity index (χ0) is 23.9. The first kappa shape index (κ1) is 22.7. The fourth-order valence-corrected chi connectivity index (χ4v) is 3.30. The molecule has 0 bridgehead atoms. The molecule has 3 heterocycles. The highest BCUT2D eigenvalue weighted by Gasteiger charge is 2.12. The van der Waals surface area contributed by atoms with E-state index in [1.807, 2.05) is 0 Å². The highest BCUT2D eigenvalue weighted by Crippen LogP contribution is 2.32. The van der Waals surface area contributed by atoms with E-state index < -0.39 is 0 Å². The third-order valence-electron chi connectivity index (χ3n) is 4.95. The molecule has 0 radical (unpaired) electrons. The van der Waals surface area contributed by atoms with Crippen LogP contribution in [0.5, 0.6) is 17.2 Å². The van der Waals surface area contributed by atoms with Crippen LogP contribution < -0.4 is 14.8 Å². The molecule has 3 aromatic heterocycles. The van der Waals surface area contributed by atoms with Gasteiger partial charge in [-0.15, -0.1) is 0 Å². The Kier molecular flexibility index (Phi) is 6.95. The van der Waals surface area contributed by atoms with E-state index in [0.717, 1.165) is 0 Å². The van der Waals surface area contributed by atoms with Crippen molar-refractivity contribution in [3.05, 3.63) is 66.4 Å². The van der Waals surface area contributed by atoms with Gasteiger partial charge in [-0.2, -0.15) is 10.4 Å². The smallest absolute Gasteiger partial charge is 0.230 e. The number of amides is 1. The number of benzene rings is 1. The van der Waals surface area contributed by atoms with E-state index in [4.69, 9.17) is 14.2 Å². The monoisotopic (exact) mass is 458 g/mol. The average molecular weight is 458 g/mol. The van der Waals surface area contributed by atoms with Crippen LogP contribution in [0.4, 0.5) is 5.69 Å². The van der Waals surface area contributed by atoms with Crippen molar-refractivity contribution in [2.45, 2.75) is 13.0 Å². The molecule has 0 spiro atoms. The summed E-state index contributed by atoms with van der Waals surface area (Å²) in [6, 6.07) is 10.7. The van der Waals surface area contributed by atoms with Gasteiger partial charge in [-0.05, 0) is 24.3 Å². The number of ether oxygens (including phenoxy) is 3. The standard InChI is InChI=1S/C24H22N6O4/c1-32-8-7-30-15-18(13-28-30)29-24(31)10-17-3-4-19(14-27-17)34-22-5-6-26-21-11-23(33-2)16(12-25)9-20(21)22/h3-6,9,11,13-15H,7-8,10H2,1-2H3,(H,29,31). The van der Waals surface area contributed by atoms with Crippen LogP contribution in [0.15, 0.2) is 55.1 Å². The Labute approximate surface area is 195 Å². The fraction of sp³-hybridized carbons (Fsp3) is 0.208. The average Bonchev–Trinajstić information content (AvgIpc) is 3.30. The minimum Gasteiger partial charge on any atom is -0.495 e. The zero-order valence-electron chi connectivity index (χ0n) is 18.7. The van der Waals surface area contributed by atoms with Crippen LogP contribution in [0.25, 0.3) is 10.9 Å². The molecule has 1 aromatic carbocycles. The molecule has 0 atom stereocenters. The SMILES string of the molecule is COCCn1cc(NC(=O)Cc2ccc(Oc3ccnc4cc(OC)c(C#N)cc34)cn2)cn1. The Hall–Kier alpha value is -4.49. The van der Waals surface area contributed by atoms with Crippen LogP contribution in [0.1, 0.15) is 11.3 Å². The topological polar surface area (TPSA) is 124 Å². The maximum Gasteiger partial charge on any atom is 0.230 e. The Balaban J connectivity index is 1.42. The van der Waals surface area contributed by atoms with E-state index >= 15 is 0 Å². The number of nitrogens with zero attached hydrogens (tertiary/aromatic N) is 5. The lowest BCUT2D eigenvalue weighted by Crippen LogP contribution is -2.14. The predicted molar refractivity (Wildman–Crippen MR) is 124 cm³/mol. The van der Waals surface area contributed by atoms with Gasteiger partial charge in [-0.1, -0.05) is 0 Å². The summed E-state index contributed by atoms with van der Waals surface area (Å²) in [6.45, 7) is 1.14. The number of nitrogens with one attached hydrogen (secondary N) is 1. The third kappa shape index (κ3) is 5.28. The van der Waals surface area contributed by atoms with Crippen LogP contribution in [-0.2, 0) is 22.5 Å². The number of anilines is 1. The van der Waals surface area contributed by atoms with Gasteiger partial charge in [0.15, 0.2) is 0 Å². The molecule has 34 heavy (non-hydrogen) atoms. The predicted octanol–water partition coefficient (Wildman–Crippen LogP) is 3.33. The summed E-state index contributed by atoms with van der Waals surface area (Å²) in [5.74, 6) is 1.27. The molecule has 0 aliphatic rings. The van der Waals surface area contributed by atoms with E-state index in [0.29, 0.717) is 58.2 Å². The quantitative estimate of drug-likeness (QED) is 0.405. The summed E-state index contributed by atoms with van der Waals surface area (Å²) in [5.41, 5.74) is 2.23. The number of carbonyl (C=O) groups excluding carboxylic acids is 1. The van der Waals surface area contributed by atoms with Crippen LogP contribution in [-0.4, -0.2) is 46.5 Å². The van der Waals surface area contributed by atoms with E-state index in [-0.39, 0.29) is 12.3 Å². The number of methoxy groups -OCH3 is 2. The second kappa shape index (κ2) is 10.4. The highest BCUT2D eigenvalue weighted by atomic mass is 16.5. The van der Waals surface area contributed by atoms with Crippen molar-refractivity contribution < 1.29 is 19.0 Å². The van der Waals surface area contributed by atoms with Gasteiger partial charge in [-0.25, -0.2) is 0 Å². The molecule has 10 nitrogen and oxygen atoms in total. The number of fused-ring (bicyclic) bond motifs is 1. The summed E-state index contributed by atoms with van der Waals surface area (Å²) in [5, 5.41) is 17.0. The Morgan fingerprint density at radius 2 is 2.03 bits per heavy atom. The Morgan fingerprint density at radius 3 is 2.76 bits per heavy atom. The first-order valence-corrected chi connectivity index (χ1v) is 10.4. The number of nitriles is 1. The molecule has 0 fully saturated rings. The molecule has 4 rings (SSSR count). The first-order valence-electron chi connectivity index (χ1n) is 10.4. The largest absolute Gasteiger partial charge is 0.495 e. The van der Waals surface area contributed by atoms with E-state index in [9.17, 15) is 10.1 Å². The van der Waals surface area contributed by atoms with E-state index in [1.54, 1.807) is 66.9 Å². The molecule has 1 amide bonds. The lowest BCUT2D eigenvalue weighted by Gasteiger charge is -2.10. The molecule has 0 aliphatic heterocycles. The summed E-state index contributed by atoms with van der Waals surface area (Å²) >= 11 is 0. The normalized spacial score (nSPS) is 10.6. The van der Waals surface area contributed by atoms with Crippen LogP contribution in [0.3, 0.4) is 0 Å². The maximum absolute atomic E-state index is 12.4. The lowest BCUT2D eigenvalue weighted by atomic mass is 10.1. The van der Waals surface area contributed by atoms with Crippen molar-refractivity contribution in [2.75, 3.05) is 26.1 Å². The van der Waals surface area contributed by atoms with Gasteiger partial charge in [0.2, 0.25) is 5.91 Å². The number of carbonyl (C=O) groups is 1. The highest BCUT2D eigenvalue weighted by molar-refractivity contribution is 5.91. The molecule has 0 saturated carbocycles. The number of aromatic nitrogens is 4. The molecule has 4 aromatic rings. The van der Waals surface area contributed by atoms with Gasteiger partial charge in [0.25, 0.3) is 0 Å². The maximum atomic E-state index is 12.4. The first-order chi connectivity index (χ1) is 16.6. The summed E-state index contributed by atoms with van der Waals surface area (Å²) in [7, 11) is 3.13. The van der Waals surface area contributed by atoms with E-state index in [1.165, 1.54) is 7.11 Å². The number of rotatable bonds is 9. The van der Waals surface area contributed by atoms with Crippen LogP contribution in [0.2, 0.25) is 0 Å². The Morgan fingerprint density at radius 1 is 1.15 bits per heavy atom. The molecular weight excluding hydrogens is 436 g/mol. The van der Waals surface area contributed by atoms with Crippen molar-refractivity contribution in [2.24, 2.45) is 0 Å². The second-order valence-electron chi connectivity index (χ2n) is 7.29. The molecular formula is C24H22N6O4. The number of hydrogen-bond donors (Lipinski definition) is 1. The number of pyridine rings is 2. The minimum absolute atomic E-state index is 0.104. The van der Waals surface area contributed by atoms with Crippen LogP contribution in [0, 0.1) is 11.3 Å². The fourth-order valence-electron chi connectivity index (χ4n) is 3.30. The van der Waals surface area contributed by atoms with Gasteiger partial charge in [0, 0.05) is 36.7 Å². The zero-order valence-corrected chi connectivity index (χ0v) is 18.7. The molecule has 172 valence electrons. The second-order valence-corrected chi connectivity index (χ2v) is 7.29. The third-order valence-corrected chi connectivity index (χ3v) is 4.95. The molecule has 0 unspecified atom stereocenters. The van der Waals surface area contributed by atoms with Crippen molar-refractivity contribution in [1.29, 1.82) is 5.26 Å². The Bertz CT molecular complexity index is 1340. The molecule has 1 N–H and O–H groups in total. The lowest BCUT2D eigenvalue weighted by molar-refractivity contribution is -0.115. The molecule has 0 aliphatic carbocycles. The van der Waals surface area contributed by atoms with Gasteiger partial charge in [0.05, 0.1) is 55.8 Å². The van der Waals surface area contributed by atoms with Gasteiger partial charge in [0.1, 0.15) is 23.3 Å². The van der Waals surface area contributed by atoms with Gasteiger partial charge in [-0.3, -0.25) is 19.4 Å². The summed E-state index contributed by atoms with van der Waals surface area (Å²) < 4.78 is 17.9. The van der Waals surface area contributed by atoms with E-state index in [2.05, 4.69) is 26.5 Å². The van der Waals surface area contributed by atoms with Crippen molar-refractivity contribution in [1.82, 2.24) is 19.7 Å². The summed E-state index contributed by atoms with van der Waals surface area (Å²) in [4.78, 5) is 21.0. The minimum atomic E-state index is -0.203. The van der Waals surface area contributed by atoms with Crippen LogP contribution >= 0.6 is 0 Å². The van der Waals surface area contributed by atoms with Gasteiger partial charge < -0.3 is 19.5 Å². The number of hydrogen-bond acceptors (Lipinski definition) is 8. The summed E-state index contributed by atoms with van der Waals surface area (Å²) in [6.07, 6.45) is 6.60. The molecule has 10 heteroatoms. The molecule has 0 saturated heterocycles.